The van der Waals surface area contributed by atoms with Crippen LogP contribution in [-0.2, 0) is 0 Å². The molecular weight excluding hydrogens is 250 g/mol. The summed E-state index contributed by atoms with van der Waals surface area (Å²) in [4.78, 5) is 4.29. The van der Waals surface area contributed by atoms with Crippen LogP contribution in [0.3, 0.4) is 0 Å². The first-order chi connectivity index (χ1) is 9.40. The normalized spacial score (nSPS) is 12.4. The quantitative estimate of drug-likeness (QED) is 0.536. The summed E-state index contributed by atoms with van der Waals surface area (Å²) in [6.07, 6.45) is 6.95. The molecule has 96 valence electrons. The van der Waals surface area contributed by atoms with Crippen molar-refractivity contribution in [3.8, 4) is 0 Å². The maximum Gasteiger partial charge on any atom is 0.100 e. The van der Waals surface area contributed by atoms with Crippen molar-refractivity contribution in [1.82, 2.24) is 4.98 Å². The van der Waals surface area contributed by atoms with Crippen molar-refractivity contribution in [1.29, 1.82) is 0 Å². The Kier molecular flexibility index (Phi) is 5.45. The van der Waals surface area contributed by atoms with E-state index >= 15 is 0 Å². The zero-order chi connectivity index (χ0) is 13.3. The molecule has 2 rings (SSSR count). The second-order valence-electron chi connectivity index (χ2n) is 4.16. The van der Waals surface area contributed by atoms with Crippen LogP contribution in [0.15, 0.2) is 83.9 Å². The highest BCUT2D eigenvalue weighted by Gasteiger charge is 2.04. The van der Waals surface area contributed by atoms with Crippen molar-refractivity contribution in [2.24, 2.45) is 0 Å². The van der Waals surface area contributed by atoms with E-state index in [1.807, 2.05) is 36.5 Å². The predicted molar refractivity (Wildman–Crippen MR) is 83.2 cm³/mol. The molecule has 2 heteroatoms. The standard InChI is InChI=1S/C17H17NS/c1-2-8-15(16-9-4-3-5-10-16)12-14-19-17-11-6-7-13-18-17/h2-7,9-15H,1,8H2/b14-12+. The zero-order valence-electron chi connectivity index (χ0n) is 10.8. The van der Waals surface area contributed by atoms with Crippen LogP contribution < -0.4 is 0 Å². The van der Waals surface area contributed by atoms with Gasteiger partial charge in [-0.15, -0.1) is 6.58 Å². The molecule has 1 aromatic carbocycles. The van der Waals surface area contributed by atoms with E-state index in [4.69, 9.17) is 0 Å². The van der Waals surface area contributed by atoms with Crippen LogP contribution in [0.1, 0.15) is 17.9 Å². The highest BCUT2D eigenvalue weighted by molar-refractivity contribution is 8.02. The number of hydrogen-bond acceptors (Lipinski definition) is 2. The predicted octanol–water partition coefficient (Wildman–Crippen LogP) is 5.05. The minimum Gasteiger partial charge on any atom is -0.250 e. The first-order valence-electron chi connectivity index (χ1n) is 6.30. The zero-order valence-corrected chi connectivity index (χ0v) is 11.6. The van der Waals surface area contributed by atoms with Crippen LogP contribution in [0.25, 0.3) is 0 Å². The second-order valence-corrected chi connectivity index (χ2v) is 5.08. The fourth-order valence-electron chi connectivity index (χ4n) is 1.83. The van der Waals surface area contributed by atoms with E-state index in [2.05, 4.69) is 47.3 Å². The van der Waals surface area contributed by atoms with Crippen molar-refractivity contribution in [3.63, 3.8) is 0 Å². The largest absolute Gasteiger partial charge is 0.250 e. The van der Waals surface area contributed by atoms with Gasteiger partial charge >= 0.3 is 0 Å². The molecule has 0 amide bonds. The molecule has 0 saturated heterocycles. The third-order valence-electron chi connectivity index (χ3n) is 2.79. The van der Waals surface area contributed by atoms with E-state index in [0.717, 1.165) is 11.4 Å². The molecule has 2 aromatic rings. The lowest BCUT2D eigenvalue weighted by atomic mass is 9.96. The number of benzene rings is 1. The third kappa shape index (κ3) is 4.42. The van der Waals surface area contributed by atoms with Gasteiger partial charge in [-0.05, 0) is 29.5 Å². The number of allylic oxidation sites excluding steroid dienone is 2. The average Bonchev–Trinajstić information content (AvgIpc) is 2.48. The minimum absolute atomic E-state index is 0.384. The Labute approximate surface area is 119 Å². The first kappa shape index (κ1) is 13.6. The molecule has 1 nitrogen and oxygen atoms in total. The number of rotatable bonds is 6. The molecule has 1 aromatic heterocycles. The molecule has 0 bridgehead atoms. The maximum atomic E-state index is 4.29. The van der Waals surface area contributed by atoms with Gasteiger partial charge in [-0.3, -0.25) is 0 Å². The topological polar surface area (TPSA) is 12.9 Å². The Morgan fingerprint density at radius 3 is 2.58 bits per heavy atom. The molecule has 1 unspecified atom stereocenters. The molecule has 0 aliphatic heterocycles. The molecule has 0 radical (unpaired) electrons. The van der Waals surface area contributed by atoms with E-state index in [1.54, 1.807) is 11.8 Å². The Bertz CT molecular complexity index is 519. The molecule has 19 heavy (non-hydrogen) atoms. The van der Waals surface area contributed by atoms with Gasteiger partial charge in [0.2, 0.25) is 0 Å². The smallest absolute Gasteiger partial charge is 0.100 e. The number of hydrogen-bond donors (Lipinski definition) is 0. The van der Waals surface area contributed by atoms with E-state index < -0.39 is 0 Å². The average molecular weight is 267 g/mol. The summed E-state index contributed by atoms with van der Waals surface area (Å²) in [6, 6.07) is 16.4. The van der Waals surface area contributed by atoms with Gasteiger partial charge in [0, 0.05) is 12.1 Å². The van der Waals surface area contributed by atoms with Gasteiger partial charge in [0.25, 0.3) is 0 Å². The van der Waals surface area contributed by atoms with Crippen LogP contribution in [0.5, 0.6) is 0 Å². The fraction of sp³-hybridized carbons (Fsp3) is 0.118. The molecule has 0 N–H and O–H groups in total. The number of pyridine rings is 1. The molecule has 0 aliphatic carbocycles. The SMILES string of the molecule is C=CCC(/C=C/Sc1ccccn1)c1ccccc1. The monoisotopic (exact) mass is 267 g/mol. The van der Waals surface area contributed by atoms with Crippen molar-refractivity contribution >= 4 is 11.8 Å². The number of nitrogens with zero attached hydrogens (tertiary/aromatic N) is 1. The van der Waals surface area contributed by atoms with Gasteiger partial charge in [0.05, 0.1) is 0 Å². The van der Waals surface area contributed by atoms with E-state index in [1.165, 1.54) is 5.56 Å². The van der Waals surface area contributed by atoms with Crippen molar-refractivity contribution < 1.29 is 0 Å². The first-order valence-corrected chi connectivity index (χ1v) is 7.18. The van der Waals surface area contributed by atoms with Gasteiger partial charge in [0.15, 0.2) is 0 Å². The van der Waals surface area contributed by atoms with Gasteiger partial charge in [-0.2, -0.15) is 0 Å². The summed E-state index contributed by atoms with van der Waals surface area (Å²) in [5, 5.41) is 3.13. The lowest BCUT2D eigenvalue weighted by molar-refractivity contribution is 0.867. The molecule has 1 atom stereocenters. The Morgan fingerprint density at radius 1 is 1.11 bits per heavy atom. The van der Waals surface area contributed by atoms with Gasteiger partial charge in [0.1, 0.15) is 5.03 Å². The summed E-state index contributed by atoms with van der Waals surface area (Å²) in [5.41, 5.74) is 1.32. The minimum atomic E-state index is 0.384. The van der Waals surface area contributed by atoms with Crippen molar-refractivity contribution in [2.45, 2.75) is 17.4 Å². The van der Waals surface area contributed by atoms with Crippen molar-refractivity contribution in [2.75, 3.05) is 0 Å². The van der Waals surface area contributed by atoms with E-state index in [-0.39, 0.29) is 0 Å². The van der Waals surface area contributed by atoms with Gasteiger partial charge < -0.3 is 0 Å². The number of thioether (sulfide) groups is 1. The van der Waals surface area contributed by atoms with Crippen LogP contribution in [-0.4, -0.2) is 4.98 Å². The van der Waals surface area contributed by atoms with Crippen LogP contribution in [0.2, 0.25) is 0 Å². The molecular formula is C17H17NS. The molecule has 1 heterocycles. The Morgan fingerprint density at radius 2 is 1.89 bits per heavy atom. The highest BCUT2D eigenvalue weighted by Crippen LogP contribution is 2.24. The molecule has 0 spiro atoms. The Balaban J connectivity index is 2.03. The van der Waals surface area contributed by atoms with Crippen LogP contribution in [0, 0.1) is 0 Å². The van der Waals surface area contributed by atoms with Crippen molar-refractivity contribution in [3.05, 3.63) is 84.4 Å². The fourth-order valence-corrected chi connectivity index (χ4v) is 2.51. The molecule has 0 aliphatic rings. The van der Waals surface area contributed by atoms with Crippen LogP contribution in [0.4, 0.5) is 0 Å². The number of aromatic nitrogens is 1. The van der Waals surface area contributed by atoms with E-state index in [0.29, 0.717) is 5.92 Å². The van der Waals surface area contributed by atoms with Gasteiger partial charge in [-0.1, -0.05) is 60.3 Å². The summed E-state index contributed by atoms with van der Waals surface area (Å²) in [5.74, 6) is 0.384. The second kappa shape index (κ2) is 7.59. The summed E-state index contributed by atoms with van der Waals surface area (Å²) >= 11 is 1.64. The lowest BCUT2D eigenvalue weighted by Crippen LogP contribution is -1.92. The molecule has 0 fully saturated rings. The third-order valence-corrected chi connectivity index (χ3v) is 3.56. The summed E-state index contributed by atoms with van der Waals surface area (Å²) in [7, 11) is 0. The van der Waals surface area contributed by atoms with Gasteiger partial charge in [-0.25, -0.2) is 4.98 Å². The Hall–Kier alpha value is -1.80. The van der Waals surface area contributed by atoms with E-state index in [9.17, 15) is 0 Å². The highest BCUT2D eigenvalue weighted by atomic mass is 32.2. The summed E-state index contributed by atoms with van der Waals surface area (Å²) < 4.78 is 0. The lowest BCUT2D eigenvalue weighted by Gasteiger charge is -2.10. The summed E-state index contributed by atoms with van der Waals surface area (Å²) in [6.45, 7) is 3.84. The van der Waals surface area contributed by atoms with Crippen LogP contribution >= 0.6 is 11.8 Å². The maximum absolute atomic E-state index is 4.29. The molecule has 0 saturated carbocycles.